The maximum Gasteiger partial charge on any atom is 0.472 e. The van der Waals surface area contributed by atoms with E-state index in [1.165, 1.54) is 231 Å². The quantitative estimate of drug-likeness (QED) is 0.0243. The Hall–Kier alpha value is -1.02. The fourth-order valence-corrected chi connectivity index (χ4v) is 9.56. The van der Waals surface area contributed by atoms with Gasteiger partial charge in [-0.1, -0.05) is 276 Å². The Kier molecular flexibility index (Phi) is 49.2. The predicted octanol–water partition coefficient (Wildman–Crippen LogP) is 17.6. The van der Waals surface area contributed by atoms with Crippen LogP contribution < -0.4 is 5.32 Å². The van der Waals surface area contributed by atoms with Crippen LogP contribution in [0.15, 0.2) is 24.3 Å². The van der Waals surface area contributed by atoms with Crippen LogP contribution in [0.3, 0.4) is 0 Å². The van der Waals surface area contributed by atoms with Crippen LogP contribution in [0, 0.1) is 0 Å². The third kappa shape index (κ3) is 52.6. The minimum Gasteiger partial charge on any atom is -0.387 e. The second-order valence-corrected chi connectivity index (χ2v) is 22.8. The number of rotatable bonds is 54. The number of phosphoric acid groups is 1. The molecule has 0 saturated carbocycles. The van der Waals surface area contributed by atoms with E-state index in [4.69, 9.17) is 9.05 Å². The van der Waals surface area contributed by atoms with Crippen molar-refractivity contribution in [1.29, 1.82) is 0 Å². The van der Waals surface area contributed by atoms with Crippen LogP contribution in [0.1, 0.15) is 290 Å². The summed E-state index contributed by atoms with van der Waals surface area (Å²) in [6.07, 6.45) is 62.9. The Morgan fingerprint density at radius 1 is 0.493 bits per heavy atom. The van der Waals surface area contributed by atoms with Crippen LogP contribution in [0.5, 0.6) is 0 Å². The maximum absolute atomic E-state index is 13.0. The molecule has 0 aliphatic carbocycles. The van der Waals surface area contributed by atoms with Gasteiger partial charge in [-0.2, -0.15) is 0 Å². The number of aliphatic hydroxyl groups is 1. The summed E-state index contributed by atoms with van der Waals surface area (Å²) in [7, 11) is 1.57. The summed E-state index contributed by atoms with van der Waals surface area (Å²) in [5.41, 5.74) is 0. The number of likely N-dealkylation sites (N-methyl/N-ethyl adjacent to an activating group) is 1. The third-order valence-corrected chi connectivity index (χ3v) is 14.4. The molecule has 9 heteroatoms. The predicted molar refractivity (Wildman–Crippen MR) is 291 cm³/mol. The van der Waals surface area contributed by atoms with E-state index >= 15 is 0 Å². The Morgan fingerprint density at radius 3 is 1.19 bits per heavy atom. The van der Waals surface area contributed by atoms with Gasteiger partial charge in [-0.25, -0.2) is 4.57 Å². The number of quaternary nitrogens is 1. The lowest BCUT2D eigenvalue weighted by Gasteiger charge is -2.25. The van der Waals surface area contributed by atoms with Crippen LogP contribution in [0.4, 0.5) is 0 Å². The van der Waals surface area contributed by atoms with Crippen LogP contribution in [-0.2, 0) is 18.4 Å². The number of carbonyl (C=O) groups excluding carboxylic acids is 1. The Bertz CT molecular complexity index is 1140. The lowest BCUT2D eigenvalue weighted by molar-refractivity contribution is -0.870. The molecule has 0 spiro atoms. The van der Waals surface area contributed by atoms with Crippen molar-refractivity contribution >= 4 is 13.7 Å². The lowest BCUT2D eigenvalue weighted by Crippen LogP contribution is -2.45. The molecule has 0 heterocycles. The fourth-order valence-electron chi connectivity index (χ4n) is 8.83. The number of nitrogens with zero attached hydrogens (tertiary/aromatic N) is 1. The molecule has 0 aliphatic rings. The van der Waals surface area contributed by atoms with Gasteiger partial charge in [0.25, 0.3) is 0 Å². The summed E-state index contributed by atoms with van der Waals surface area (Å²) in [6.45, 7) is 4.84. The minimum atomic E-state index is -4.35. The number of phosphoric ester groups is 1. The van der Waals surface area contributed by atoms with Crippen molar-refractivity contribution in [1.82, 2.24) is 5.32 Å². The first-order chi connectivity index (χ1) is 32.5. The first kappa shape index (κ1) is 66.0. The van der Waals surface area contributed by atoms with E-state index in [1.54, 1.807) is 6.08 Å². The molecule has 0 fully saturated rings. The number of hydrogen-bond donors (Lipinski definition) is 3. The number of aliphatic hydroxyl groups excluding tert-OH is 1. The average Bonchev–Trinajstić information content (AvgIpc) is 3.29. The highest BCUT2D eigenvalue weighted by Crippen LogP contribution is 2.43. The molecule has 398 valence electrons. The lowest BCUT2D eigenvalue weighted by atomic mass is 10.0. The number of unbranched alkanes of at least 4 members (excludes halogenated alkanes) is 39. The Balaban J connectivity index is 4.19. The molecule has 0 aliphatic heterocycles. The zero-order valence-electron chi connectivity index (χ0n) is 45.4. The highest BCUT2D eigenvalue weighted by molar-refractivity contribution is 7.47. The summed E-state index contributed by atoms with van der Waals surface area (Å²) in [5.74, 6) is -0.181. The molecule has 0 aromatic carbocycles. The van der Waals surface area contributed by atoms with Crippen molar-refractivity contribution in [2.45, 2.75) is 302 Å². The summed E-state index contributed by atoms with van der Waals surface area (Å²) >= 11 is 0. The van der Waals surface area contributed by atoms with Crippen LogP contribution in [0.25, 0.3) is 0 Å². The summed E-state index contributed by atoms with van der Waals surface area (Å²) in [5, 5.41) is 13.9. The van der Waals surface area contributed by atoms with Gasteiger partial charge in [0.1, 0.15) is 13.2 Å². The molecule has 3 unspecified atom stereocenters. The van der Waals surface area contributed by atoms with Crippen molar-refractivity contribution in [3.05, 3.63) is 24.3 Å². The topological polar surface area (TPSA) is 105 Å². The smallest absolute Gasteiger partial charge is 0.387 e. The maximum atomic E-state index is 13.0. The highest BCUT2D eigenvalue weighted by atomic mass is 31.2. The van der Waals surface area contributed by atoms with Gasteiger partial charge in [-0.15, -0.1) is 0 Å². The number of carbonyl (C=O) groups is 1. The van der Waals surface area contributed by atoms with Crippen LogP contribution in [-0.4, -0.2) is 73.4 Å². The first-order valence-electron chi connectivity index (χ1n) is 29.2. The molecule has 3 atom stereocenters. The summed E-state index contributed by atoms with van der Waals surface area (Å²) in [6, 6.07) is -0.860. The number of hydrogen-bond acceptors (Lipinski definition) is 5. The van der Waals surface area contributed by atoms with Crippen molar-refractivity contribution in [3.8, 4) is 0 Å². The molecule has 67 heavy (non-hydrogen) atoms. The van der Waals surface area contributed by atoms with Crippen molar-refractivity contribution in [3.63, 3.8) is 0 Å². The van der Waals surface area contributed by atoms with E-state index in [-0.39, 0.29) is 19.1 Å². The van der Waals surface area contributed by atoms with Crippen molar-refractivity contribution in [2.75, 3.05) is 40.9 Å². The molecule has 1 amide bonds. The number of amides is 1. The number of nitrogens with one attached hydrogen (secondary N) is 1. The van der Waals surface area contributed by atoms with Gasteiger partial charge in [0.05, 0.1) is 39.9 Å². The van der Waals surface area contributed by atoms with Crippen molar-refractivity contribution < 1.29 is 32.9 Å². The molecule has 3 N–H and O–H groups in total. The van der Waals surface area contributed by atoms with Crippen LogP contribution >= 0.6 is 7.82 Å². The van der Waals surface area contributed by atoms with Gasteiger partial charge in [-0.3, -0.25) is 13.8 Å². The fraction of sp³-hybridized carbons (Fsp3) is 0.914. The number of allylic oxidation sites excluding steroid dienone is 3. The van der Waals surface area contributed by atoms with E-state index in [9.17, 15) is 19.4 Å². The first-order valence-corrected chi connectivity index (χ1v) is 30.7. The average molecular weight is 969 g/mol. The zero-order chi connectivity index (χ0) is 49.2. The van der Waals surface area contributed by atoms with Crippen LogP contribution in [0.2, 0.25) is 0 Å². The molecule has 0 rings (SSSR count). The molecule has 0 aromatic rings. The van der Waals surface area contributed by atoms with Gasteiger partial charge >= 0.3 is 7.82 Å². The molecular weight excluding hydrogens is 852 g/mol. The van der Waals surface area contributed by atoms with Gasteiger partial charge in [-0.05, 0) is 32.1 Å². The summed E-state index contributed by atoms with van der Waals surface area (Å²) < 4.78 is 23.7. The zero-order valence-corrected chi connectivity index (χ0v) is 46.3. The molecule has 0 radical (unpaired) electrons. The second kappa shape index (κ2) is 49.9. The van der Waals surface area contributed by atoms with E-state index in [2.05, 4.69) is 31.3 Å². The highest BCUT2D eigenvalue weighted by Gasteiger charge is 2.27. The monoisotopic (exact) mass is 968 g/mol. The largest absolute Gasteiger partial charge is 0.472 e. The van der Waals surface area contributed by atoms with E-state index in [0.717, 1.165) is 38.5 Å². The Labute approximate surface area is 417 Å². The molecule has 0 bridgehead atoms. The standard InChI is InChI=1S/C58H115N2O6P/c1-6-8-10-12-14-16-18-20-22-24-25-26-27-28-29-30-31-32-33-34-36-37-39-41-43-45-47-49-51-57(61)56(55-66-67(63,64)65-54-53-60(3,4)5)59-58(62)52-50-48-46-44-42-40-38-35-23-21-19-17-15-13-11-9-7-2/h41,43,49,51,56-57,61H,6-40,42,44-48,50,52-55H2,1-5H3,(H-,59,62,63,64)/p+1/b43-41+,51-49+. The third-order valence-electron chi connectivity index (χ3n) is 13.4. The Morgan fingerprint density at radius 2 is 0.821 bits per heavy atom. The van der Waals surface area contributed by atoms with E-state index in [1.807, 2.05) is 27.2 Å². The summed E-state index contributed by atoms with van der Waals surface area (Å²) in [4.78, 5) is 23.3. The van der Waals surface area contributed by atoms with Gasteiger partial charge in [0.2, 0.25) is 5.91 Å². The molecule has 8 nitrogen and oxygen atoms in total. The van der Waals surface area contributed by atoms with E-state index < -0.39 is 20.0 Å². The normalized spacial score (nSPS) is 14.1. The van der Waals surface area contributed by atoms with Gasteiger partial charge in [0.15, 0.2) is 0 Å². The van der Waals surface area contributed by atoms with E-state index in [0.29, 0.717) is 17.4 Å². The minimum absolute atomic E-state index is 0.0587. The molecule has 0 aromatic heterocycles. The second-order valence-electron chi connectivity index (χ2n) is 21.4. The van der Waals surface area contributed by atoms with Gasteiger partial charge in [0, 0.05) is 6.42 Å². The molecule has 0 saturated heterocycles. The van der Waals surface area contributed by atoms with Crippen molar-refractivity contribution in [2.24, 2.45) is 0 Å². The van der Waals surface area contributed by atoms with Gasteiger partial charge < -0.3 is 19.8 Å². The molecular formula is C58H116N2O6P+. The SMILES string of the molecule is CCCCCCCCCCCCCCCCCCCCCCCC/C=C/CC/C=C/C(O)C(COP(=O)(O)OCC[N+](C)(C)C)NC(=O)CCCCCCCCCCCCCCCCCCC.